The first-order valence-corrected chi connectivity index (χ1v) is 9.55. The summed E-state index contributed by atoms with van der Waals surface area (Å²) in [6.45, 7) is 0.785. The van der Waals surface area contributed by atoms with Crippen LogP contribution in [-0.2, 0) is 24.0 Å². The van der Waals surface area contributed by atoms with Crippen LogP contribution in [0.1, 0.15) is 25.3 Å². The van der Waals surface area contributed by atoms with Crippen molar-refractivity contribution in [1.29, 1.82) is 10.7 Å². The van der Waals surface area contributed by atoms with E-state index in [4.69, 9.17) is 15.4 Å². The van der Waals surface area contributed by atoms with Gasteiger partial charge < -0.3 is 15.0 Å². The summed E-state index contributed by atoms with van der Waals surface area (Å²) in [6, 6.07) is 10.6. The van der Waals surface area contributed by atoms with Crippen LogP contribution in [0, 0.1) is 22.7 Å². The van der Waals surface area contributed by atoms with E-state index in [1.54, 1.807) is 11.0 Å². The van der Waals surface area contributed by atoms with Crippen molar-refractivity contribution in [2.75, 3.05) is 12.4 Å². The highest BCUT2D eigenvalue weighted by Gasteiger charge is 2.57. The standard InChI is InChI=1S/C19H19N3O4S/c1-12(21)14(9-20)16(23)10-26-18(25)15-11-27-19(8-7-17(24)22(15)19)13-5-3-2-4-6-13/h2-6,14-15,21H,7-8,10-11H2,1H3/t14?,15-,19-/m0/s1. The molecule has 2 aliphatic heterocycles. The number of hydrogen-bond donors (Lipinski definition) is 1. The summed E-state index contributed by atoms with van der Waals surface area (Å²) in [5, 5.41) is 16.4. The van der Waals surface area contributed by atoms with Crippen molar-refractivity contribution < 1.29 is 19.1 Å². The summed E-state index contributed by atoms with van der Waals surface area (Å²) in [4.78, 5) is 38.1. The summed E-state index contributed by atoms with van der Waals surface area (Å²) in [6.07, 6.45) is 0.973. The number of carbonyl (C=O) groups is 3. The predicted octanol–water partition coefficient (Wildman–Crippen LogP) is 1.87. The normalized spacial score (nSPS) is 24.8. The lowest BCUT2D eigenvalue weighted by atomic mass is 10.0. The molecular formula is C19H19N3O4S. The maximum absolute atomic E-state index is 12.6. The molecule has 0 aromatic heterocycles. The van der Waals surface area contributed by atoms with Crippen LogP contribution in [0.15, 0.2) is 30.3 Å². The quantitative estimate of drug-likeness (QED) is 0.591. The Balaban J connectivity index is 1.74. The lowest BCUT2D eigenvalue weighted by Crippen LogP contribution is -2.47. The summed E-state index contributed by atoms with van der Waals surface area (Å²) in [5.74, 6) is -2.22. The van der Waals surface area contributed by atoms with E-state index in [9.17, 15) is 14.4 Å². The van der Waals surface area contributed by atoms with Gasteiger partial charge in [0.1, 0.15) is 16.8 Å². The number of ether oxygens (including phenoxy) is 1. The second kappa shape index (κ2) is 7.53. The van der Waals surface area contributed by atoms with Crippen LogP contribution in [0.2, 0.25) is 0 Å². The number of carbonyl (C=O) groups excluding carboxylic acids is 3. The smallest absolute Gasteiger partial charge is 0.330 e. The molecule has 0 bridgehead atoms. The minimum Gasteiger partial charge on any atom is -0.456 e. The van der Waals surface area contributed by atoms with Gasteiger partial charge in [0.15, 0.2) is 12.4 Å². The van der Waals surface area contributed by atoms with Gasteiger partial charge in [0.2, 0.25) is 5.91 Å². The third kappa shape index (κ3) is 3.35. The first-order valence-electron chi connectivity index (χ1n) is 8.56. The Labute approximate surface area is 161 Å². The molecule has 0 spiro atoms. The minimum atomic E-state index is -1.22. The van der Waals surface area contributed by atoms with E-state index >= 15 is 0 Å². The zero-order valence-electron chi connectivity index (χ0n) is 14.8. The Morgan fingerprint density at radius 1 is 1.44 bits per heavy atom. The first-order chi connectivity index (χ1) is 12.9. The van der Waals surface area contributed by atoms with E-state index in [1.165, 1.54) is 18.7 Å². The maximum atomic E-state index is 12.6. The van der Waals surface area contributed by atoms with Gasteiger partial charge in [-0.3, -0.25) is 9.59 Å². The molecule has 2 fully saturated rings. The number of amides is 1. The van der Waals surface area contributed by atoms with Crippen molar-refractivity contribution in [3.63, 3.8) is 0 Å². The Hall–Kier alpha value is -2.66. The van der Waals surface area contributed by atoms with Gasteiger partial charge in [-0.2, -0.15) is 5.26 Å². The van der Waals surface area contributed by atoms with E-state index in [-0.39, 0.29) is 11.6 Å². The predicted molar refractivity (Wildman–Crippen MR) is 98.9 cm³/mol. The van der Waals surface area contributed by atoms with E-state index in [0.29, 0.717) is 18.6 Å². The van der Waals surface area contributed by atoms with Crippen LogP contribution in [0.3, 0.4) is 0 Å². The van der Waals surface area contributed by atoms with Crippen LogP contribution in [-0.4, -0.2) is 46.7 Å². The summed E-state index contributed by atoms with van der Waals surface area (Å²) in [7, 11) is 0. The molecule has 1 unspecified atom stereocenters. The fraction of sp³-hybridized carbons (Fsp3) is 0.421. The number of nitriles is 1. The highest BCUT2D eigenvalue weighted by atomic mass is 32.2. The zero-order chi connectivity index (χ0) is 19.6. The number of fused-ring (bicyclic) bond motifs is 1. The Morgan fingerprint density at radius 3 is 2.78 bits per heavy atom. The number of hydrogen-bond acceptors (Lipinski definition) is 7. The Morgan fingerprint density at radius 2 is 2.15 bits per heavy atom. The number of rotatable bonds is 6. The molecule has 0 aliphatic carbocycles. The first kappa shape index (κ1) is 19.1. The van der Waals surface area contributed by atoms with Gasteiger partial charge in [-0.25, -0.2) is 4.79 Å². The molecule has 1 aromatic rings. The van der Waals surface area contributed by atoms with Crippen LogP contribution in [0.25, 0.3) is 0 Å². The topological polar surface area (TPSA) is 111 Å². The monoisotopic (exact) mass is 385 g/mol. The molecule has 140 valence electrons. The number of nitrogens with one attached hydrogen (secondary N) is 1. The Bertz CT molecular complexity index is 835. The molecule has 1 N–H and O–H groups in total. The largest absolute Gasteiger partial charge is 0.456 e. The van der Waals surface area contributed by atoms with Gasteiger partial charge in [-0.15, -0.1) is 11.8 Å². The fourth-order valence-electron chi connectivity index (χ4n) is 3.55. The van der Waals surface area contributed by atoms with Gasteiger partial charge in [-0.1, -0.05) is 30.3 Å². The lowest BCUT2D eigenvalue weighted by Gasteiger charge is -2.33. The highest BCUT2D eigenvalue weighted by molar-refractivity contribution is 8.00. The van der Waals surface area contributed by atoms with Crippen LogP contribution in [0.4, 0.5) is 0 Å². The molecule has 8 heteroatoms. The molecule has 3 atom stereocenters. The third-order valence-corrected chi connectivity index (χ3v) is 6.46. The average molecular weight is 385 g/mol. The SMILES string of the molecule is CC(=N)C(C#N)C(=O)COC(=O)[C@@H]1CS[C@]2(c3ccccc3)CCC(=O)N12. The molecule has 2 aliphatic rings. The fourth-order valence-corrected chi connectivity index (χ4v) is 5.18. The number of ketones is 1. The Kier molecular flexibility index (Phi) is 5.33. The summed E-state index contributed by atoms with van der Waals surface area (Å²) in [5.41, 5.74) is 0.879. The van der Waals surface area contributed by atoms with Crippen molar-refractivity contribution in [3.8, 4) is 6.07 Å². The molecule has 2 heterocycles. The van der Waals surface area contributed by atoms with Gasteiger partial charge in [0.25, 0.3) is 0 Å². The highest BCUT2D eigenvalue weighted by Crippen LogP contribution is 2.54. The molecule has 27 heavy (non-hydrogen) atoms. The molecule has 7 nitrogen and oxygen atoms in total. The lowest BCUT2D eigenvalue weighted by molar-refractivity contribution is -0.156. The molecule has 2 saturated heterocycles. The molecule has 0 saturated carbocycles. The van der Waals surface area contributed by atoms with E-state index in [2.05, 4.69) is 0 Å². The van der Waals surface area contributed by atoms with Gasteiger partial charge in [0, 0.05) is 17.9 Å². The van der Waals surface area contributed by atoms with Crippen molar-refractivity contribution in [2.45, 2.75) is 30.7 Å². The second-order valence-corrected chi connectivity index (χ2v) is 7.86. The number of esters is 1. The number of nitrogens with zero attached hydrogens (tertiary/aromatic N) is 2. The maximum Gasteiger partial charge on any atom is 0.330 e. The van der Waals surface area contributed by atoms with Gasteiger partial charge in [-0.05, 0) is 18.9 Å². The van der Waals surface area contributed by atoms with Crippen molar-refractivity contribution >= 4 is 35.1 Å². The number of thioether (sulfide) groups is 1. The van der Waals surface area contributed by atoms with Gasteiger partial charge >= 0.3 is 5.97 Å². The van der Waals surface area contributed by atoms with Crippen LogP contribution >= 0.6 is 11.8 Å². The minimum absolute atomic E-state index is 0.0900. The number of benzene rings is 1. The van der Waals surface area contributed by atoms with Crippen molar-refractivity contribution in [2.24, 2.45) is 5.92 Å². The molecule has 0 radical (unpaired) electrons. The zero-order valence-corrected chi connectivity index (χ0v) is 15.6. The summed E-state index contributed by atoms with van der Waals surface area (Å²) < 4.78 is 5.11. The third-order valence-electron chi connectivity index (χ3n) is 4.86. The van der Waals surface area contributed by atoms with Crippen molar-refractivity contribution in [3.05, 3.63) is 35.9 Å². The van der Waals surface area contributed by atoms with E-state index in [0.717, 1.165) is 5.56 Å². The van der Waals surface area contributed by atoms with E-state index in [1.807, 2.05) is 30.3 Å². The molecule has 1 amide bonds. The summed E-state index contributed by atoms with van der Waals surface area (Å²) >= 11 is 1.54. The van der Waals surface area contributed by atoms with E-state index < -0.39 is 35.2 Å². The average Bonchev–Trinajstić information content (AvgIpc) is 3.20. The molecular weight excluding hydrogens is 366 g/mol. The number of Topliss-reactive ketones (excluding diaryl/α,β-unsaturated/α-hetero) is 1. The van der Waals surface area contributed by atoms with Crippen LogP contribution in [0.5, 0.6) is 0 Å². The van der Waals surface area contributed by atoms with Gasteiger partial charge in [0.05, 0.1) is 6.07 Å². The molecule has 1 aromatic carbocycles. The van der Waals surface area contributed by atoms with Crippen LogP contribution < -0.4 is 0 Å². The molecule has 3 rings (SSSR count). The van der Waals surface area contributed by atoms with Crippen molar-refractivity contribution in [1.82, 2.24) is 4.90 Å². The second-order valence-electron chi connectivity index (χ2n) is 6.56.